The largest absolute Gasteiger partial charge is 0.370 e. The van der Waals surface area contributed by atoms with Crippen molar-refractivity contribution in [3.8, 4) is 0 Å². The number of nitrogens with zero attached hydrogens (tertiary/aromatic N) is 2. The summed E-state index contributed by atoms with van der Waals surface area (Å²) in [4.78, 5) is 6.68. The second-order valence-electron chi connectivity index (χ2n) is 6.34. The Hall–Kier alpha value is -0.780. The molecule has 4 heteroatoms. The number of halogens is 1. The van der Waals surface area contributed by atoms with Crippen LogP contribution in [0.1, 0.15) is 32.3 Å². The smallest absolute Gasteiger partial charge is 0.191 e. The molecule has 0 radical (unpaired) electrons. The fourth-order valence-corrected chi connectivity index (χ4v) is 2.26. The number of guanidine groups is 1. The fourth-order valence-electron chi connectivity index (χ4n) is 2.26. The number of rotatable bonds is 5. The first-order valence-corrected chi connectivity index (χ1v) is 7.05. The van der Waals surface area contributed by atoms with E-state index in [1.54, 1.807) is 0 Å². The summed E-state index contributed by atoms with van der Waals surface area (Å²) in [6.07, 6.45) is 3.53. The summed E-state index contributed by atoms with van der Waals surface area (Å²) in [6, 6.07) is 11.2. The Kier molecular flexibility index (Phi) is 6.30. The molecule has 1 fully saturated rings. The molecule has 0 bridgehead atoms. The molecule has 0 aliphatic heterocycles. The molecule has 1 aliphatic rings. The van der Waals surface area contributed by atoms with Gasteiger partial charge >= 0.3 is 0 Å². The lowest BCUT2D eigenvalue weighted by atomic mass is 9.86. The van der Waals surface area contributed by atoms with Crippen LogP contribution in [0.15, 0.2) is 35.3 Å². The van der Waals surface area contributed by atoms with Crippen molar-refractivity contribution in [2.45, 2.75) is 39.2 Å². The van der Waals surface area contributed by atoms with E-state index in [9.17, 15) is 0 Å². The average Bonchev–Trinajstić information content (AvgIpc) is 3.20. The van der Waals surface area contributed by atoms with Crippen LogP contribution >= 0.6 is 24.0 Å². The highest BCUT2D eigenvalue weighted by atomic mass is 127. The first-order chi connectivity index (χ1) is 8.98. The van der Waals surface area contributed by atoms with Gasteiger partial charge in [-0.3, -0.25) is 4.99 Å². The minimum absolute atomic E-state index is 0. The van der Waals surface area contributed by atoms with Crippen molar-refractivity contribution in [3.63, 3.8) is 0 Å². The minimum atomic E-state index is 0. The molecule has 20 heavy (non-hydrogen) atoms. The van der Waals surface area contributed by atoms with Crippen LogP contribution in [-0.2, 0) is 6.42 Å². The quantitative estimate of drug-likeness (QED) is 0.479. The third-order valence-corrected chi connectivity index (χ3v) is 3.65. The molecule has 0 heterocycles. The zero-order valence-electron chi connectivity index (χ0n) is 12.7. The van der Waals surface area contributed by atoms with Gasteiger partial charge in [-0.15, -0.1) is 24.0 Å². The number of hydrogen-bond acceptors (Lipinski definition) is 1. The summed E-state index contributed by atoms with van der Waals surface area (Å²) < 4.78 is 0. The van der Waals surface area contributed by atoms with E-state index >= 15 is 0 Å². The Morgan fingerprint density at radius 1 is 1.30 bits per heavy atom. The Morgan fingerprint density at radius 2 is 1.90 bits per heavy atom. The van der Waals surface area contributed by atoms with Crippen molar-refractivity contribution < 1.29 is 0 Å². The van der Waals surface area contributed by atoms with E-state index in [0.29, 0.717) is 12.0 Å². The monoisotopic (exact) mass is 387 g/mol. The highest BCUT2D eigenvalue weighted by Gasteiger charge is 2.27. The third kappa shape index (κ3) is 5.31. The van der Waals surface area contributed by atoms with Crippen molar-refractivity contribution in [1.29, 1.82) is 0 Å². The maximum Gasteiger partial charge on any atom is 0.191 e. The first kappa shape index (κ1) is 17.3. The van der Waals surface area contributed by atoms with Gasteiger partial charge in [0.2, 0.25) is 0 Å². The van der Waals surface area contributed by atoms with Crippen LogP contribution < -0.4 is 5.73 Å². The molecule has 0 aromatic heterocycles. The summed E-state index contributed by atoms with van der Waals surface area (Å²) in [5, 5.41) is 0. The van der Waals surface area contributed by atoms with E-state index < -0.39 is 0 Å². The molecule has 0 saturated heterocycles. The van der Waals surface area contributed by atoms with Crippen LogP contribution in [0, 0.1) is 5.41 Å². The lowest BCUT2D eigenvalue weighted by molar-refractivity contribution is 0.373. The predicted octanol–water partition coefficient (Wildman–Crippen LogP) is 3.28. The molecular weight excluding hydrogens is 361 g/mol. The molecular formula is C16H26IN3. The minimum Gasteiger partial charge on any atom is -0.370 e. The molecule has 1 aliphatic carbocycles. The van der Waals surface area contributed by atoms with Gasteiger partial charge in [0.25, 0.3) is 0 Å². The highest BCUT2D eigenvalue weighted by molar-refractivity contribution is 14.0. The van der Waals surface area contributed by atoms with E-state index in [2.05, 4.69) is 54.1 Å². The SMILES string of the molecule is CN(C(N)=NCC(C)(C)Cc1ccccc1)C1CC1.I. The maximum atomic E-state index is 6.03. The molecule has 1 aromatic carbocycles. The van der Waals surface area contributed by atoms with Crippen LogP contribution in [0.3, 0.4) is 0 Å². The normalized spacial score (nSPS) is 15.7. The van der Waals surface area contributed by atoms with Crippen molar-refractivity contribution in [2.75, 3.05) is 13.6 Å². The number of nitrogens with two attached hydrogens (primary N) is 1. The summed E-state index contributed by atoms with van der Waals surface area (Å²) in [5.74, 6) is 0.684. The summed E-state index contributed by atoms with van der Waals surface area (Å²) >= 11 is 0. The van der Waals surface area contributed by atoms with Crippen LogP contribution in [0.4, 0.5) is 0 Å². The molecule has 2 N–H and O–H groups in total. The van der Waals surface area contributed by atoms with Crippen LogP contribution in [-0.4, -0.2) is 30.5 Å². The van der Waals surface area contributed by atoms with Gasteiger partial charge in [0.1, 0.15) is 0 Å². The molecule has 3 nitrogen and oxygen atoms in total. The van der Waals surface area contributed by atoms with Crippen molar-refractivity contribution >= 4 is 29.9 Å². The van der Waals surface area contributed by atoms with E-state index in [1.165, 1.54) is 18.4 Å². The lowest BCUT2D eigenvalue weighted by Gasteiger charge is -2.24. The molecule has 112 valence electrons. The Bertz CT molecular complexity index is 438. The van der Waals surface area contributed by atoms with Crippen LogP contribution in [0.2, 0.25) is 0 Å². The summed E-state index contributed by atoms with van der Waals surface area (Å²) in [5.41, 5.74) is 7.53. The summed E-state index contributed by atoms with van der Waals surface area (Å²) in [6.45, 7) is 5.26. The van der Waals surface area contributed by atoms with E-state index in [0.717, 1.165) is 13.0 Å². The number of benzene rings is 1. The fraction of sp³-hybridized carbons (Fsp3) is 0.562. The summed E-state index contributed by atoms with van der Waals surface area (Å²) in [7, 11) is 2.04. The number of aliphatic imine (C=N–C) groups is 1. The van der Waals surface area contributed by atoms with Gasteiger partial charge in [-0.25, -0.2) is 0 Å². The van der Waals surface area contributed by atoms with Gasteiger partial charge in [-0.1, -0.05) is 44.2 Å². The van der Waals surface area contributed by atoms with Gasteiger partial charge in [0.15, 0.2) is 5.96 Å². The van der Waals surface area contributed by atoms with Gasteiger partial charge in [0, 0.05) is 19.6 Å². The molecule has 0 amide bonds. The Balaban J connectivity index is 0.00000200. The first-order valence-electron chi connectivity index (χ1n) is 7.05. The van der Waals surface area contributed by atoms with E-state index in [4.69, 9.17) is 5.73 Å². The molecule has 1 saturated carbocycles. The predicted molar refractivity (Wildman–Crippen MR) is 96.6 cm³/mol. The topological polar surface area (TPSA) is 41.6 Å². The second-order valence-corrected chi connectivity index (χ2v) is 6.34. The standard InChI is InChI=1S/C16H25N3.HI/c1-16(2,11-13-7-5-4-6-8-13)12-18-15(17)19(3)14-9-10-14;/h4-8,14H,9-12H2,1-3H3,(H2,17,18);1H. The van der Waals surface area contributed by atoms with E-state index in [-0.39, 0.29) is 29.4 Å². The Morgan fingerprint density at radius 3 is 2.45 bits per heavy atom. The zero-order chi connectivity index (χ0) is 13.9. The van der Waals surface area contributed by atoms with Crippen molar-refractivity contribution in [1.82, 2.24) is 4.90 Å². The van der Waals surface area contributed by atoms with Crippen molar-refractivity contribution in [2.24, 2.45) is 16.1 Å². The maximum absolute atomic E-state index is 6.03. The Labute approximate surface area is 139 Å². The second kappa shape index (κ2) is 7.29. The lowest BCUT2D eigenvalue weighted by Crippen LogP contribution is -2.36. The van der Waals surface area contributed by atoms with E-state index in [1.807, 2.05) is 7.05 Å². The van der Waals surface area contributed by atoms with Crippen LogP contribution in [0.25, 0.3) is 0 Å². The zero-order valence-corrected chi connectivity index (χ0v) is 15.0. The number of hydrogen-bond donors (Lipinski definition) is 1. The average molecular weight is 387 g/mol. The third-order valence-electron chi connectivity index (χ3n) is 3.65. The molecule has 0 atom stereocenters. The van der Waals surface area contributed by atoms with Gasteiger partial charge in [0.05, 0.1) is 0 Å². The van der Waals surface area contributed by atoms with Gasteiger partial charge < -0.3 is 10.6 Å². The molecule has 0 unspecified atom stereocenters. The molecule has 1 aromatic rings. The highest BCUT2D eigenvalue weighted by Crippen LogP contribution is 2.26. The molecule has 2 rings (SSSR count). The van der Waals surface area contributed by atoms with Gasteiger partial charge in [-0.05, 0) is 30.2 Å². The van der Waals surface area contributed by atoms with Crippen LogP contribution in [0.5, 0.6) is 0 Å². The van der Waals surface area contributed by atoms with Crippen molar-refractivity contribution in [3.05, 3.63) is 35.9 Å². The van der Waals surface area contributed by atoms with Gasteiger partial charge in [-0.2, -0.15) is 0 Å². The molecule has 0 spiro atoms.